The zero-order chi connectivity index (χ0) is 23.6. The summed E-state index contributed by atoms with van der Waals surface area (Å²) in [5, 5.41) is 2.38. The van der Waals surface area contributed by atoms with Crippen LogP contribution in [-0.2, 0) is 19.1 Å². The standard InChI is InChI=1S/C25H35NO4S/c1-17(12-13-21-19(3)11-8-14-25(21,5)6)9-7-10-18(2)15-23(28)30-24(29)22(16-31)26-20(4)27/h7,9-10,12-13,15,22,31H,8,11,14,16H2,1-6H3,(H,26,27)/t22-/m0/s1. The number of rotatable bonds is 8. The van der Waals surface area contributed by atoms with E-state index in [1.807, 2.05) is 19.1 Å². The van der Waals surface area contributed by atoms with Gasteiger partial charge in [0.1, 0.15) is 6.04 Å². The molecule has 170 valence electrons. The van der Waals surface area contributed by atoms with Crippen LogP contribution in [0, 0.1) is 5.41 Å². The van der Waals surface area contributed by atoms with Crippen LogP contribution < -0.4 is 5.32 Å². The largest absolute Gasteiger partial charge is 0.388 e. The number of allylic oxidation sites excluding steroid dienone is 9. The number of hydrogen-bond donors (Lipinski definition) is 2. The van der Waals surface area contributed by atoms with Crippen LogP contribution in [0.4, 0.5) is 0 Å². The number of amides is 1. The van der Waals surface area contributed by atoms with Gasteiger partial charge in [0.25, 0.3) is 0 Å². The Morgan fingerprint density at radius 3 is 2.42 bits per heavy atom. The van der Waals surface area contributed by atoms with Gasteiger partial charge in [-0.2, -0.15) is 12.6 Å². The fraction of sp³-hybridized carbons (Fsp3) is 0.480. The zero-order valence-electron chi connectivity index (χ0n) is 19.5. The Morgan fingerprint density at radius 1 is 1.16 bits per heavy atom. The zero-order valence-corrected chi connectivity index (χ0v) is 20.3. The molecule has 0 radical (unpaired) electrons. The van der Waals surface area contributed by atoms with Gasteiger partial charge in [0.05, 0.1) is 0 Å². The van der Waals surface area contributed by atoms with Crippen LogP contribution in [0.15, 0.2) is 58.7 Å². The summed E-state index contributed by atoms with van der Waals surface area (Å²) in [6.07, 6.45) is 14.7. The van der Waals surface area contributed by atoms with Gasteiger partial charge in [-0.05, 0) is 56.6 Å². The van der Waals surface area contributed by atoms with Gasteiger partial charge in [0.2, 0.25) is 5.91 Å². The van der Waals surface area contributed by atoms with E-state index in [9.17, 15) is 14.4 Å². The second-order valence-corrected chi connectivity index (χ2v) is 8.96. The Kier molecular flexibility index (Phi) is 10.8. The van der Waals surface area contributed by atoms with Gasteiger partial charge < -0.3 is 10.1 Å². The molecule has 0 aromatic rings. The lowest BCUT2D eigenvalue weighted by atomic mass is 9.72. The number of nitrogens with one attached hydrogen (secondary N) is 1. The second-order valence-electron chi connectivity index (χ2n) is 8.60. The third-order valence-electron chi connectivity index (χ3n) is 5.16. The van der Waals surface area contributed by atoms with Crippen LogP contribution in [-0.4, -0.2) is 29.6 Å². The van der Waals surface area contributed by atoms with Crippen molar-refractivity contribution in [2.45, 2.75) is 66.8 Å². The summed E-state index contributed by atoms with van der Waals surface area (Å²) in [6.45, 7) is 11.8. The number of hydrogen-bond acceptors (Lipinski definition) is 5. The van der Waals surface area contributed by atoms with Gasteiger partial charge in [-0.15, -0.1) is 0 Å². The maximum atomic E-state index is 11.9. The van der Waals surface area contributed by atoms with Crippen LogP contribution in [0.1, 0.15) is 60.8 Å². The van der Waals surface area contributed by atoms with Crippen molar-refractivity contribution >= 4 is 30.5 Å². The minimum Gasteiger partial charge on any atom is -0.388 e. The summed E-state index contributed by atoms with van der Waals surface area (Å²) in [6, 6.07) is -0.959. The first-order valence-electron chi connectivity index (χ1n) is 10.5. The van der Waals surface area contributed by atoms with Gasteiger partial charge >= 0.3 is 11.9 Å². The van der Waals surface area contributed by atoms with Crippen molar-refractivity contribution < 1.29 is 19.1 Å². The smallest absolute Gasteiger partial charge is 0.338 e. The molecule has 0 aromatic heterocycles. The molecule has 0 bridgehead atoms. The summed E-state index contributed by atoms with van der Waals surface area (Å²) in [5.74, 6) is -1.97. The topological polar surface area (TPSA) is 72.5 Å². The molecule has 0 fully saturated rings. The maximum absolute atomic E-state index is 11.9. The molecule has 0 saturated heterocycles. The molecular formula is C25H35NO4S. The van der Waals surface area contributed by atoms with E-state index in [1.165, 1.54) is 37.0 Å². The first-order valence-corrected chi connectivity index (χ1v) is 11.1. The summed E-state index contributed by atoms with van der Waals surface area (Å²) in [5.41, 5.74) is 4.81. The van der Waals surface area contributed by atoms with E-state index in [0.717, 1.165) is 12.0 Å². The lowest BCUT2D eigenvalue weighted by molar-refractivity contribution is -0.158. The van der Waals surface area contributed by atoms with Crippen molar-refractivity contribution in [2.75, 3.05) is 5.75 Å². The molecular weight excluding hydrogens is 410 g/mol. The molecule has 1 aliphatic rings. The van der Waals surface area contributed by atoms with Crippen LogP contribution in [0.2, 0.25) is 0 Å². The normalized spacial score (nSPS) is 18.4. The number of carbonyl (C=O) groups excluding carboxylic acids is 3. The lowest BCUT2D eigenvalue weighted by Gasteiger charge is -2.32. The maximum Gasteiger partial charge on any atom is 0.338 e. The highest BCUT2D eigenvalue weighted by atomic mass is 32.1. The van der Waals surface area contributed by atoms with Crippen molar-refractivity contribution in [3.63, 3.8) is 0 Å². The third kappa shape index (κ3) is 9.55. The molecule has 1 aliphatic carbocycles. The summed E-state index contributed by atoms with van der Waals surface area (Å²) < 4.78 is 4.75. The molecule has 0 aromatic carbocycles. The van der Waals surface area contributed by atoms with Gasteiger partial charge in [0, 0.05) is 18.8 Å². The Hall–Kier alpha value is -2.34. The first kappa shape index (κ1) is 26.7. The number of carbonyl (C=O) groups is 3. The predicted octanol–water partition coefficient (Wildman–Crippen LogP) is 5.02. The average Bonchev–Trinajstić information content (AvgIpc) is 2.64. The first-order chi connectivity index (χ1) is 14.5. The number of esters is 2. The Balaban J connectivity index is 2.70. The van der Waals surface area contributed by atoms with Crippen LogP contribution >= 0.6 is 12.6 Å². The Labute approximate surface area is 191 Å². The highest BCUT2D eigenvalue weighted by Crippen LogP contribution is 2.40. The van der Waals surface area contributed by atoms with E-state index in [-0.39, 0.29) is 11.2 Å². The van der Waals surface area contributed by atoms with Gasteiger partial charge in [-0.3, -0.25) is 4.79 Å². The summed E-state index contributed by atoms with van der Waals surface area (Å²) >= 11 is 3.98. The number of thiol groups is 1. The number of ether oxygens (including phenoxy) is 1. The van der Waals surface area contributed by atoms with Crippen molar-refractivity contribution in [3.05, 3.63) is 58.7 Å². The molecule has 31 heavy (non-hydrogen) atoms. The lowest BCUT2D eigenvalue weighted by Crippen LogP contribution is -2.42. The van der Waals surface area contributed by atoms with Crippen LogP contribution in [0.3, 0.4) is 0 Å². The predicted molar refractivity (Wildman–Crippen MR) is 129 cm³/mol. The molecule has 5 nitrogen and oxygen atoms in total. The molecule has 0 saturated carbocycles. The molecule has 1 atom stereocenters. The average molecular weight is 446 g/mol. The van der Waals surface area contributed by atoms with E-state index in [4.69, 9.17) is 4.74 Å². The monoisotopic (exact) mass is 445 g/mol. The van der Waals surface area contributed by atoms with Gasteiger partial charge in [-0.25, -0.2) is 9.59 Å². The van der Waals surface area contributed by atoms with Crippen LogP contribution in [0.5, 0.6) is 0 Å². The van der Waals surface area contributed by atoms with Gasteiger partial charge in [-0.1, -0.05) is 55.4 Å². The van der Waals surface area contributed by atoms with Crippen LogP contribution in [0.25, 0.3) is 0 Å². The molecule has 0 unspecified atom stereocenters. The molecule has 0 heterocycles. The highest BCUT2D eigenvalue weighted by molar-refractivity contribution is 7.80. The SMILES string of the molecule is CC(=O)N[C@@H](CS)C(=O)OC(=O)C=C(C)C=CC=C(C)C=CC1=C(C)CCCC1(C)C. The minimum absolute atomic E-state index is 0.0412. The fourth-order valence-electron chi connectivity index (χ4n) is 3.49. The van der Waals surface area contributed by atoms with E-state index < -0.39 is 23.9 Å². The quantitative estimate of drug-likeness (QED) is 0.181. The molecule has 6 heteroatoms. The molecule has 0 aliphatic heterocycles. The van der Waals surface area contributed by atoms with Crippen molar-refractivity contribution in [2.24, 2.45) is 5.41 Å². The molecule has 1 amide bonds. The van der Waals surface area contributed by atoms with Crippen molar-refractivity contribution in [1.29, 1.82) is 0 Å². The van der Waals surface area contributed by atoms with Crippen molar-refractivity contribution in [3.8, 4) is 0 Å². The van der Waals surface area contributed by atoms with Gasteiger partial charge in [0.15, 0.2) is 0 Å². The summed E-state index contributed by atoms with van der Waals surface area (Å²) in [7, 11) is 0. The molecule has 1 rings (SSSR count). The van der Waals surface area contributed by atoms with E-state index >= 15 is 0 Å². The Morgan fingerprint density at radius 2 is 1.84 bits per heavy atom. The van der Waals surface area contributed by atoms with Crippen molar-refractivity contribution in [1.82, 2.24) is 5.32 Å². The third-order valence-corrected chi connectivity index (χ3v) is 5.53. The summed E-state index contributed by atoms with van der Waals surface area (Å²) in [4.78, 5) is 34.9. The Bertz CT molecular complexity index is 844. The van der Waals surface area contributed by atoms with E-state index in [0.29, 0.717) is 5.57 Å². The second kappa shape index (κ2) is 12.5. The van der Waals surface area contributed by atoms with E-state index in [1.54, 1.807) is 13.0 Å². The highest BCUT2D eigenvalue weighted by Gasteiger charge is 2.26. The molecule has 0 spiro atoms. The molecule has 1 N–H and O–H groups in total. The van der Waals surface area contributed by atoms with E-state index in [2.05, 4.69) is 50.9 Å². The fourth-order valence-corrected chi connectivity index (χ4v) is 3.73. The minimum atomic E-state index is -0.959.